The van der Waals surface area contributed by atoms with Gasteiger partial charge in [0.1, 0.15) is 11.1 Å². The van der Waals surface area contributed by atoms with Crippen LogP contribution in [-0.4, -0.2) is 33.9 Å². The van der Waals surface area contributed by atoms with Crippen molar-refractivity contribution in [3.8, 4) is 0 Å². The van der Waals surface area contributed by atoms with E-state index in [1.165, 1.54) is 11.8 Å². The molecule has 0 saturated carbocycles. The number of aryl methyl sites for hydroxylation is 1. The second kappa shape index (κ2) is 9.21. The Balaban J connectivity index is 1.46. The number of nitrogens with one attached hydrogen (secondary N) is 1. The maximum Gasteiger partial charge on any atom is 0.297 e. The van der Waals surface area contributed by atoms with E-state index in [1.54, 1.807) is 16.7 Å². The van der Waals surface area contributed by atoms with Crippen LogP contribution >= 0.6 is 23.4 Å². The quantitative estimate of drug-likeness (QED) is 0.306. The number of thioether (sulfide) groups is 1. The molecule has 1 fully saturated rings. The molecule has 1 aliphatic heterocycles. The molecule has 170 valence electrons. The van der Waals surface area contributed by atoms with E-state index in [1.807, 2.05) is 37.3 Å². The molecule has 2 aromatic carbocycles. The van der Waals surface area contributed by atoms with Crippen LogP contribution in [0.4, 0.5) is 5.69 Å². The summed E-state index contributed by atoms with van der Waals surface area (Å²) in [6, 6.07) is 12.9. The van der Waals surface area contributed by atoms with Gasteiger partial charge in [-0.3, -0.25) is 14.2 Å². The van der Waals surface area contributed by atoms with Gasteiger partial charge >= 0.3 is 0 Å². The molecule has 3 heterocycles. The van der Waals surface area contributed by atoms with Crippen LogP contribution in [0.15, 0.2) is 56.8 Å². The van der Waals surface area contributed by atoms with Gasteiger partial charge in [-0.1, -0.05) is 41.6 Å². The normalized spacial score (nSPS) is 16.0. The van der Waals surface area contributed by atoms with E-state index in [0.717, 1.165) is 23.8 Å². The summed E-state index contributed by atoms with van der Waals surface area (Å²) < 4.78 is 13.1. The second-order valence-electron chi connectivity index (χ2n) is 8.04. The molecule has 0 aliphatic carbocycles. The summed E-state index contributed by atoms with van der Waals surface area (Å²) in [6.45, 7) is 2.98. The Labute approximate surface area is 199 Å². The molecule has 0 spiro atoms. The number of hydrogen-bond donors (Lipinski definition) is 1. The fourth-order valence-corrected chi connectivity index (χ4v) is 5.04. The molecule has 4 aromatic rings. The van der Waals surface area contributed by atoms with Gasteiger partial charge < -0.3 is 14.5 Å². The van der Waals surface area contributed by atoms with Crippen molar-refractivity contribution in [2.45, 2.75) is 37.6 Å². The van der Waals surface area contributed by atoms with E-state index >= 15 is 0 Å². The standard InChI is InChI=1S/C24H22ClN3O4S/c1-14-8-9-18(17(25)11-14)26-20(29)13-33-24-27-21-16-6-2-3-7-19(16)32-22(21)23(30)28(24)12-15-5-4-10-31-15/h2-3,6-9,11,15H,4-5,10,12-13H2,1H3,(H,26,29). The van der Waals surface area contributed by atoms with Crippen molar-refractivity contribution in [1.29, 1.82) is 0 Å². The molecule has 33 heavy (non-hydrogen) atoms. The Morgan fingerprint density at radius 3 is 2.94 bits per heavy atom. The molecule has 0 radical (unpaired) electrons. The number of hydrogen-bond acceptors (Lipinski definition) is 6. The number of para-hydroxylation sites is 1. The van der Waals surface area contributed by atoms with Crippen LogP contribution < -0.4 is 10.9 Å². The molecule has 5 rings (SSSR count). The number of fused-ring (bicyclic) bond motifs is 3. The number of carbonyl (C=O) groups is 1. The predicted molar refractivity (Wildman–Crippen MR) is 130 cm³/mol. The highest BCUT2D eigenvalue weighted by molar-refractivity contribution is 7.99. The molecule has 1 unspecified atom stereocenters. The van der Waals surface area contributed by atoms with E-state index in [-0.39, 0.29) is 28.9 Å². The number of aromatic nitrogens is 2. The fourth-order valence-electron chi connectivity index (χ4n) is 3.95. The van der Waals surface area contributed by atoms with Crippen LogP contribution in [0.2, 0.25) is 5.02 Å². The second-order valence-corrected chi connectivity index (χ2v) is 9.39. The van der Waals surface area contributed by atoms with Crippen molar-refractivity contribution in [3.05, 3.63) is 63.4 Å². The Morgan fingerprint density at radius 2 is 2.15 bits per heavy atom. The van der Waals surface area contributed by atoms with E-state index in [4.69, 9.17) is 25.7 Å². The van der Waals surface area contributed by atoms with Gasteiger partial charge in [-0.25, -0.2) is 4.98 Å². The number of benzene rings is 2. The third-order valence-electron chi connectivity index (χ3n) is 5.59. The number of amides is 1. The van der Waals surface area contributed by atoms with Gasteiger partial charge in [0, 0.05) is 12.0 Å². The van der Waals surface area contributed by atoms with Crippen molar-refractivity contribution in [1.82, 2.24) is 9.55 Å². The van der Waals surface area contributed by atoms with E-state index in [9.17, 15) is 9.59 Å². The zero-order valence-electron chi connectivity index (χ0n) is 18.0. The first-order valence-corrected chi connectivity index (χ1v) is 12.1. The van der Waals surface area contributed by atoms with Crippen molar-refractivity contribution in [2.24, 2.45) is 0 Å². The van der Waals surface area contributed by atoms with E-state index in [0.29, 0.717) is 40.1 Å². The van der Waals surface area contributed by atoms with Crippen LogP contribution in [-0.2, 0) is 16.1 Å². The first kappa shape index (κ1) is 22.0. The highest BCUT2D eigenvalue weighted by atomic mass is 35.5. The molecule has 2 aromatic heterocycles. The number of anilines is 1. The maximum atomic E-state index is 13.4. The lowest BCUT2D eigenvalue weighted by Gasteiger charge is -2.15. The minimum atomic E-state index is -0.267. The molecule has 1 atom stereocenters. The van der Waals surface area contributed by atoms with Crippen molar-refractivity contribution in [2.75, 3.05) is 17.7 Å². The fraction of sp³-hybridized carbons (Fsp3) is 0.292. The van der Waals surface area contributed by atoms with Gasteiger partial charge in [-0.2, -0.15) is 0 Å². The van der Waals surface area contributed by atoms with Gasteiger partial charge in [-0.15, -0.1) is 0 Å². The molecule has 0 bridgehead atoms. The van der Waals surface area contributed by atoms with Crippen LogP contribution in [0.1, 0.15) is 18.4 Å². The number of rotatable bonds is 6. The van der Waals surface area contributed by atoms with Gasteiger partial charge in [0.15, 0.2) is 5.16 Å². The van der Waals surface area contributed by atoms with Gasteiger partial charge in [0.05, 0.1) is 29.1 Å². The smallest absolute Gasteiger partial charge is 0.297 e. The Kier molecular flexibility index (Phi) is 6.14. The average Bonchev–Trinajstić information content (AvgIpc) is 3.44. The average molecular weight is 484 g/mol. The molecule has 1 saturated heterocycles. The lowest BCUT2D eigenvalue weighted by Crippen LogP contribution is -2.29. The summed E-state index contributed by atoms with van der Waals surface area (Å²) in [5.41, 5.74) is 2.62. The lowest BCUT2D eigenvalue weighted by molar-refractivity contribution is -0.113. The number of furan rings is 1. The first-order chi connectivity index (χ1) is 16.0. The number of carbonyl (C=O) groups excluding carboxylic acids is 1. The van der Waals surface area contributed by atoms with Gasteiger partial charge in [-0.05, 0) is 49.6 Å². The minimum absolute atomic E-state index is 0.0640. The highest BCUT2D eigenvalue weighted by Crippen LogP contribution is 2.28. The molecular weight excluding hydrogens is 462 g/mol. The SMILES string of the molecule is Cc1ccc(NC(=O)CSc2nc3c(oc4ccccc43)c(=O)n2CC2CCCO2)c(Cl)c1. The molecule has 1 aliphatic rings. The van der Waals surface area contributed by atoms with Crippen LogP contribution in [0.25, 0.3) is 22.1 Å². The number of nitrogens with zero attached hydrogens (tertiary/aromatic N) is 2. The van der Waals surface area contributed by atoms with Crippen LogP contribution in [0.5, 0.6) is 0 Å². The van der Waals surface area contributed by atoms with Crippen LogP contribution in [0, 0.1) is 6.92 Å². The molecule has 7 nitrogen and oxygen atoms in total. The van der Waals surface area contributed by atoms with Crippen LogP contribution in [0.3, 0.4) is 0 Å². The monoisotopic (exact) mass is 483 g/mol. The largest absolute Gasteiger partial charge is 0.448 e. The van der Waals surface area contributed by atoms with Crippen molar-refractivity contribution >= 4 is 57.0 Å². The van der Waals surface area contributed by atoms with Gasteiger partial charge in [0.25, 0.3) is 5.56 Å². The van der Waals surface area contributed by atoms with Gasteiger partial charge in [0.2, 0.25) is 11.5 Å². The summed E-state index contributed by atoms with van der Waals surface area (Å²) in [5.74, 6) is -0.162. The molecule has 1 N–H and O–H groups in total. The van der Waals surface area contributed by atoms with Crippen molar-refractivity contribution < 1.29 is 13.9 Å². The lowest BCUT2D eigenvalue weighted by atomic mass is 10.2. The summed E-state index contributed by atoms with van der Waals surface area (Å²) in [5, 5.41) is 4.53. The molecule has 1 amide bonds. The minimum Gasteiger partial charge on any atom is -0.448 e. The summed E-state index contributed by atoms with van der Waals surface area (Å²) in [4.78, 5) is 30.7. The van der Waals surface area contributed by atoms with E-state index in [2.05, 4.69) is 5.32 Å². The maximum absolute atomic E-state index is 13.4. The topological polar surface area (TPSA) is 86.4 Å². The number of halogens is 1. The summed E-state index contributed by atoms with van der Waals surface area (Å²) in [7, 11) is 0. The third kappa shape index (κ3) is 4.51. The van der Waals surface area contributed by atoms with E-state index < -0.39 is 0 Å². The third-order valence-corrected chi connectivity index (χ3v) is 6.88. The molecule has 9 heteroatoms. The molecular formula is C24H22ClN3O4S. The number of ether oxygens (including phenoxy) is 1. The zero-order chi connectivity index (χ0) is 22.9. The summed E-state index contributed by atoms with van der Waals surface area (Å²) in [6.07, 6.45) is 1.77. The predicted octanol–water partition coefficient (Wildman–Crippen LogP) is 5.01. The first-order valence-electron chi connectivity index (χ1n) is 10.7. The Bertz CT molecular complexity index is 1410. The van der Waals surface area contributed by atoms with Crippen molar-refractivity contribution in [3.63, 3.8) is 0 Å². The zero-order valence-corrected chi connectivity index (χ0v) is 19.5. The Morgan fingerprint density at radius 1 is 1.30 bits per heavy atom. The summed E-state index contributed by atoms with van der Waals surface area (Å²) >= 11 is 7.44. The highest BCUT2D eigenvalue weighted by Gasteiger charge is 2.23. The Hall–Kier alpha value is -2.81.